The fourth-order valence-electron chi connectivity index (χ4n) is 0.575. The molecule has 0 radical (unpaired) electrons. The van der Waals surface area contributed by atoms with E-state index in [4.69, 9.17) is 14.2 Å². The fraction of sp³-hybridized carbons (Fsp3) is 1.00. The van der Waals surface area contributed by atoms with Crippen LogP contribution >= 0.6 is 0 Å². The summed E-state index contributed by atoms with van der Waals surface area (Å²) in [5.74, 6) is 0. The Labute approximate surface area is 54.3 Å². The largest absolute Gasteiger partial charge is 0.340 e. The molecule has 1 fully saturated rings. The molecule has 9 heavy (non-hydrogen) atoms. The third-order valence-corrected chi connectivity index (χ3v) is 0.957. The maximum atomic E-state index is 5.01. The van der Waals surface area contributed by atoms with Crippen LogP contribution in [0.2, 0.25) is 0 Å². The normalized spacial score (nSPS) is 25.0. The first-order valence-corrected chi connectivity index (χ1v) is 2.81. The van der Waals surface area contributed by atoms with Crippen LogP contribution in [0.15, 0.2) is 0 Å². The van der Waals surface area contributed by atoms with Crippen molar-refractivity contribution >= 4 is 0 Å². The SMILES string of the molecule is CN1COCOCOC1. The molecule has 4 heteroatoms. The molecule has 1 aliphatic heterocycles. The molecule has 1 heterocycles. The van der Waals surface area contributed by atoms with Crippen molar-refractivity contribution in [1.29, 1.82) is 0 Å². The lowest BCUT2D eigenvalue weighted by atomic mass is 10.9. The van der Waals surface area contributed by atoms with Gasteiger partial charge in [0.1, 0.15) is 13.5 Å². The molecule has 0 aromatic carbocycles. The van der Waals surface area contributed by atoms with Crippen LogP contribution in [-0.2, 0) is 14.2 Å². The van der Waals surface area contributed by atoms with Gasteiger partial charge >= 0.3 is 0 Å². The third kappa shape index (κ3) is 2.76. The zero-order valence-corrected chi connectivity index (χ0v) is 5.50. The highest BCUT2D eigenvalue weighted by Crippen LogP contribution is 1.90. The van der Waals surface area contributed by atoms with Crippen LogP contribution in [0.5, 0.6) is 0 Å². The van der Waals surface area contributed by atoms with Crippen LogP contribution in [0.3, 0.4) is 0 Å². The maximum Gasteiger partial charge on any atom is 0.151 e. The van der Waals surface area contributed by atoms with Gasteiger partial charge in [-0.1, -0.05) is 0 Å². The molecule has 0 spiro atoms. The maximum absolute atomic E-state index is 5.01. The molecular formula is C5H11NO3. The van der Waals surface area contributed by atoms with E-state index < -0.39 is 0 Å². The van der Waals surface area contributed by atoms with Crippen LogP contribution in [0.4, 0.5) is 0 Å². The monoisotopic (exact) mass is 133 g/mol. The third-order valence-electron chi connectivity index (χ3n) is 0.957. The van der Waals surface area contributed by atoms with Crippen LogP contribution in [0.1, 0.15) is 0 Å². The summed E-state index contributed by atoms with van der Waals surface area (Å²) >= 11 is 0. The van der Waals surface area contributed by atoms with Gasteiger partial charge in [-0.2, -0.15) is 0 Å². The molecular weight excluding hydrogens is 122 g/mol. The van der Waals surface area contributed by atoms with Crippen molar-refractivity contribution in [2.75, 3.05) is 34.1 Å². The summed E-state index contributed by atoms with van der Waals surface area (Å²) in [5.41, 5.74) is 0. The Bertz CT molecular complexity index is 70.6. The van der Waals surface area contributed by atoms with E-state index in [0.717, 1.165) is 0 Å². The van der Waals surface area contributed by atoms with Gasteiger partial charge in [0.25, 0.3) is 0 Å². The second-order valence-corrected chi connectivity index (χ2v) is 1.96. The Kier molecular flexibility index (Phi) is 2.93. The lowest BCUT2D eigenvalue weighted by Crippen LogP contribution is -2.28. The van der Waals surface area contributed by atoms with Gasteiger partial charge in [0.05, 0.1) is 0 Å². The van der Waals surface area contributed by atoms with Crippen molar-refractivity contribution in [3.63, 3.8) is 0 Å². The molecule has 1 rings (SSSR count). The lowest BCUT2D eigenvalue weighted by Gasteiger charge is -2.19. The minimum absolute atomic E-state index is 0.324. The standard InChI is InChI=1S/C5H11NO3/c1-6-2-7-4-9-5-8-3-6/h2-5H2,1H3. The van der Waals surface area contributed by atoms with Gasteiger partial charge in [-0.15, -0.1) is 0 Å². The summed E-state index contributed by atoms with van der Waals surface area (Å²) in [6.45, 7) is 1.79. The minimum Gasteiger partial charge on any atom is -0.340 e. The molecule has 54 valence electrons. The summed E-state index contributed by atoms with van der Waals surface area (Å²) in [6, 6.07) is 0. The zero-order valence-electron chi connectivity index (χ0n) is 5.50. The molecule has 4 nitrogen and oxygen atoms in total. The highest BCUT2D eigenvalue weighted by molar-refractivity contribution is 4.31. The Morgan fingerprint density at radius 3 is 2.11 bits per heavy atom. The van der Waals surface area contributed by atoms with Crippen LogP contribution in [0, 0.1) is 0 Å². The minimum atomic E-state index is 0.324. The van der Waals surface area contributed by atoms with E-state index in [0.29, 0.717) is 27.0 Å². The number of hydrogen-bond acceptors (Lipinski definition) is 4. The van der Waals surface area contributed by atoms with Crippen molar-refractivity contribution in [1.82, 2.24) is 4.90 Å². The van der Waals surface area contributed by atoms with Crippen molar-refractivity contribution in [3.05, 3.63) is 0 Å². The molecule has 0 amide bonds. The van der Waals surface area contributed by atoms with Crippen molar-refractivity contribution < 1.29 is 14.2 Å². The molecule has 0 bridgehead atoms. The second-order valence-electron chi connectivity index (χ2n) is 1.96. The number of ether oxygens (including phenoxy) is 3. The quantitative estimate of drug-likeness (QED) is 0.458. The molecule has 0 saturated carbocycles. The number of nitrogens with zero attached hydrogens (tertiary/aromatic N) is 1. The Morgan fingerprint density at radius 2 is 1.56 bits per heavy atom. The fourth-order valence-corrected chi connectivity index (χ4v) is 0.575. The first-order chi connectivity index (χ1) is 4.39. The molecule has 1 saturated heterocycles. The van der Waals surface area contributed by atoms with E-state index in [9.17, 15) is 0 Å². The Hall–Kier alpha value is -0.160. The zero-order chi connectivity index (χ0) is 6.53. The summed E-state index contributed by atoms with van der Waals surface area (Å²) < 4.78 is 14.9. The van der Waals surface area contributed by atoms with Gasteiger partial charge in [0.15, 0.2) is 13.6 Å². The Balaban J connectivity index is 2.12. The summed E-state index contributed by atoms with van der Waals surface area (Å²) in [6.07, 6.45) is 0. The number of hydrogen-bond donors (Lipinski definition) is 0. The summed E-state index contributed by atoms with van der Waals surface area (Å²) in [4.78, 5) is 1.92. The van der Waals surface area contributed by atoms with Crippen LogP contribution < -0.4 is 0 Å². The smallest absolute Gasteiger partial charge is 0.151 e. The number of rotatable bonds is 0. The average molecular weight is 133 g/mol. The highest BCUT2D eigenvalue weighted by atomic mass is 16.7. The first kappa shape index (κ1) is 6.95. The van der Waals surface area contributed by atoms with Crippen LogP contribution in [0.25, 0.3) is 0 Å². The molecule has 1 aliphatic rings. The van der Waals surface area contributed by atoms with E-state index in [1.807, 2.05) is 11.9 Å². The molecule has 0 atom stereocenters. The van der Waals surface area contributed by atoms with Crippen LogP contribution in [-0.4, -0.2) is 39.0 Å². The summed E-state index contributed by atoms with van der Waals surface area (Å²) in [5, 5.41) is 0. The van der Waals surface area contributed by atoms with Gasteiger partial charge in [-0.05, 0) is 7.05 Å². The van der Waals surface area contributed by atoms with Gasteiger partial charge in [-0.25, -0.2) is 0 Å². The topological polar surface area (TPSA) is 30.9 Å². The van der Waals surface area contributed by atoms with Crippen molar-refractivity contribution in [2.24, 2.45) is 0 Å². The first-order valence-electron chi connectivity index (χ1n) is 2.81. The van der Waals surface area contributed by atoms with E-state index in [2.05, 4.69) is 0 Å². The van der Waals surface area contributed by atoms with E-state index in [1.165, 1.54) is 0 Å². The van der Waals surface area contributed by atoms with Crippen molar-refractivity contribution in [3.8, 4) is 0 Å². The molecule has 0 aromatic rings. The Morgan fingerprint density at radius 1 is 1.00 bits per heavy atom. The van der Waals surface area contributed by atoms with Gasteiger partial charge in [0.2, 0.25) is 0 Å². The van der Waals surface area contributed by atoms with Crippen molar-refractivity contribution in [2.45, 2.75) is 0 Å². The molecule has 0 aromatic heterocycles. The van der Waals surface area contributed by atoms with E-state index >= 15 is 0 Å². The molecule has 0 N–H and O–H groups in total. The van der Waals surface area contributed by atoms with E-state index in [-0.39, 0.29) is 0 Å². The van der Waals surface area contributed by atoms with E-state index in [1.54, 1.807) is 0 Å². The van der Waals surface area contributed by atoms with Gasteiger partial charge in [0, 0.05) is 0 Å². The predicted molar refractivity (Wildman–Crippen MR) is 30.5 cm³/mol. The predicted octanol–water partition coefficient (Wildman–Crippen LogP) is -0.188. The molecule has 0 unspecified atom stereocenters. The lowest BCUT2D eigenvalue weighted by molar-refractivity contribution is -0.197. The highest BCUT2D eigenvalue weighted by Gasteiger charge is 2.00. The average Bonchev–Trinajstić information content (AvgIpc) is 1.79. The molecule has 0 aliphatic carbocycles. The van der Waals surface area contributed by atoms with Gasteiger partial charge < -0.3 is 14.2 Å². The summed E-state index contributed by atoms with van der Waals surface area (Å²) in [7, 11) is 1.92. The second kappa shape index (κ2) is 3.79. The van der Waals surface area contributed by atoms with Gasteiger partial charge in [-0.3, -0.25) is 4.90 Å².